The third-order valence-electron chi connectivity index (χ3n) is 4.17. The first-order valence-electron chi connectivity index (χ1n) is 8.66. The van der Waals surface area contributed by atoms with E-state index in [0.717, 1.165) is 0 Å². The van der Waals surface area contributed by atoms with E-state index >= 15 is 0 Å². The van der Waals surface area contributed by atoms with E-state index in [0.29, 0.717) is 35.6 Å². The first kappa shape index (κ1) is 19.5. The Kier molecular flexibility index (Phi) is 5.96. The number of ether oxygens (including phenoxy) is 1. The van der Waals surface area contributed by atoms with E-state index in [1.165, 1.54) is 16.8 Å². The van der Waals surface area contributed by atoms with Gasteiger partial charge in [-0.2, -0.15) is 10.4 Å². The summed E-state index contributed by atoms with van der Waals surface area (Å²) in [6.45, 7) is 1.35. The van der Waals surface area contributed by atoms with Crippen molar-refractivity contribution < 1.29 is 18.6 Å². The normalized spacial score (nSPS) is 10.7. The lowest BCUT2D eigenvalue weighted by atomic mass is 10.1. The van der Waals surface area contributed by atoms with Gasteiger partial charge in [0.2, 0.25) is 0 Å². The highest BCUT2D eigenvalue weighted by atomic mass is 19.1. The second-order valence-electron chi connectivity index (χ2n) is 6.12. The van der Waals surface area contributed by atoms with Crippen molar-refractivity contribution in [3.63, 3.8) is 0 Å². The predicted octanol–water partition coefficient (Wildman–Crippen LogP) is 3.23. The lowest BCUT2D eigenvalue weighted by Crippen LogP contribution is -2.09. The molecule has 0 amide bonds. The van der Waals surface area contributed by atoms with Crippen molar-refractivity contribution in [3.05, 3.63) is 70.7 Å². The summed E-state index contributed by atoms with van der Waals surface area (Å²) in [6.07, 6.45) is 2.34. The second kappa shape index (κ2) is 8.59. The molecule has 1 N–H and O–H groups in total. The maximum absolute atomic E-state index is 14.3. The summed E-state index contributed by atoms with van der Waals surface area (Å²) in [5.41, 5.74) is 1.52. The molecular weight excluding hydrogens is 366 g/mol. The van der Waals surface area contributed by atoms with Crippen LogP contribution in [0.5, 0.6) is 5.75 Å². The number of nitriles is 1. The summed E-state index contributed by atoms with van der Waals surface area (Å²) >= 11 is 0. The number of pyridine rings is 1. The molecule has 2 heterocycles. The molecule has 0 bridgehead atoms. The molecule has 8 heteroatoms. The van der Waals surface area contributed by atoms with E-state index in [1.54, 1.807) is 31.3 Å². The van der Waals surface area contributed by atoms with Crippen LogP contribution in [0.25, 0.3) is 5.82 Å². The Morgan fingerprint density at radius 3 is 2.61 bits per heavy atom. The van der Waals surface area contributed by atoms with E-state index in [-0.39, 0.29) is 18.8 Å². The number of rotatable bonds is 7. The molecule has 0 unspecified atom stereocenters. The Morgan fingerprint density at radius 1 is 1.25 bits per heavy atom. The molecule has 0 aliphatic rings. The van der Waals surface area contributed by atoms with Crippen molar-refractivity contribution in [2.75, 3.05) is 6.61 Å². The Bertz CT molecular complexity index is 990. The standard InChI is InChI=1S/C20H18F2N4O2/c1-13-15(11-23)18(26(25-13)19-6-2-3-7-24-19)12-28-20-16(21)9-14(5-4-8-27)10-17(20)22/h2-3,6-7,9-10,27H,4-5,8,12H2,1H3. The Balaban J connectivity index is 1.90. The monoisotopic (exact) mass is 384 g/mol. The molecule has 0 saturated carbocycles. The molecule has 3 aromatic rings. The van der Waals surface area contributed by atoms with Crippen molar-refractivity contribution >= 4 is 0 Å². The number of halogens is 2. The Labute approximate surface area is 160 Å². The van der Waals surface area contributed by atoms with Crippen molar-refractivity contribution in [2.24, 2.45) is 0 Å². The number of aliphatic hydroxyl groups is 1. The lowest BCUT2D eigenvalue weighted by molar-refractivity contribution is 0.266. The lowest BCUT2D eigenvalue weighted by Gasteiger charge is -2.12. The molecule has 0 saturated heterocycles. The van der Waals surface area contributed by atoms with Crippen LogP contribution in [0.2, 0.25) is 0 Å². The zero-order valence-electron chi connectivity index (χ0n) is 15.2. The van der Waals surface area contributed by atoms with Crippen LogP contribution in [0.3, 0.4) is 0 Å². The summed E-state index contributed by atoms with van der Waals surface area (Å²) < 4.78 is 35.5. The van der Waals surface area contributed by atoms with Crippen LogP contribution >= 0.6 is 0 Å². The molecule has 0 aliphatic heterocycles. The zero-order valence-corrected chi connectivity index (χ0v) is 15.2. The van der Waals surface area contributed by atoms with E-state index < -0.39 is 17.4 Å². The van der Waals surface area contributed by atoms with Crippen molar-refractivity contribution in [1.29, 1.82) is 5.26 Å². The first-order chi connectivity index (χ1) is 13.5. The fraction of sp³-hybridized carbons (Fsp3) is 0.250. The fourth-order valence-electron chi connectivity index (χ4n) is 2.84. The predicted molar refractivity (Wildman–Crippen MR) is 96.9 cm³/mol. The van der Waals surface area contributed by atoms with Crippen molar-refractivity contribution in [3.8, 4) is 17.6 Å². The number of benzene rings is 1. The van der Waals surface area contributed by atoms with Crippen LogP contribution in [0.1, 0.15) is 28.9 Å². The highest BCUT2D eigenvalue weighted by Crippen LogP contribution is 2.26. The number of hydrogen-bond donors (Lipinski definition) is 1. The van der Waals surface area contributed by atoms with Gasteiger partial charge in [0.15, 0.2) is 23.2 Å². The minimum absolute atomic E-state index is 0.0602. The molecule has 0 fully saturated rings. The van der Waals surface area contributed by atoms with E-state index in [1.807, 2.05) is 6.07 Å². The van der Waals surface area contributed by atoms with Crippen LogP contribution in [0.15, 0.2) is 36.5 Å². The van der Waals surface area contributed by atoms with Gasteiger partial charge >= 0.3 is 0 Å². The van der Waals surface area contributed by atoms with E-state index in [4.69, 9.17) is 9.84 Å². The van der Waals surface area contributed by atoms with Gasteiger partial charge in [0.1, 0.15) is 23.9 Å². The Morgan fingerprint density at radius 2 is 2.00 bits per heavy atom. The minimum Gasteiger partial charge on any atom is -0.481 e. The highest BCUT2D eigenvalue weighted by molar-refractivity contribution is 5.41. The summed E-state index contributed by atoms with van der Waals surface area (Å²) in [5, 5.41) is 22.6. The first-order valence-corrected chi connectivity index (χ1v) is 8.66. The number of hydrogen-bond acceptors (Lipinski definition) is 5. The summed E-state index contributed by atoms with van der Waals surface area (Å²) in [4.78, 5) is 4.20. The molecule has 6 nitrogen and oxygen atoms in total. The second-order valence-corrected chi connectivity index (χ2v) is 6.12. The molecule has 0 aliphatic carbocycles. The number of aliphatic hydroxyl groups excluding tert-OH is 1. The molecule has 2 aromatic heterocycles. The molecule has 0 spiro atoms. The highest BCUT2D eigenvalue weighted by Gasteiger charge is 2.20. The van der Waals surface area contributed by atoms with Crippen LogP contribution < -0.4 is 4.74 Å². The van der Waals surface area contributed by atoms with E-state index in [9.17, 15) is 14.0 Å². The van der Waals surface area contributed by atoms with Gasteiger partial charge in [-0.05, 0) is 49.6 Å². The van der Waals surface area contributed by atoms with Crippen LogP contribution in [-0.2, 0) is 13.0 Å². The van der Waals surface area contributed by atoms with Crippen LogP contribution in [-0.4, -0.2) is 26.5 Å². The molecule has 1 aromatic carbocycles. The number of aryl methyl sites for hydroxylation is 2. The van der Waals surface area contributed by atoms with Crippen LogP contribution in [0.4, 0.5) is 8.78 Å². The zero-order chi connectivity index (χ0) is 20.1. The topological polar surface area (TPSA) is 84.0 Å². The average molecular weight is 384 g/mol. The molecule has 0 atom stereocenters. The van der Waals surface area contributed by atoms with Gasteiger partial charge in [0.05, 0.1) is 5.69 Å². The van der Waals surface area contributed by atoms with Gasteiger partial charge in [0, 0.05) is 12.8 Å². The smallest absolute Gasteiger partial charge is 0.191 e. The SMILES string of the molecule is Cc1nn(-c2ccccn2)c(COc2c(F)cc(CCCO)cc2F)c1C#N. The minimum atomic E-state index is -0.841. The number of aromatic nitrogens is 3. The maximum atomic E-state index is 14.3. The van der Waals surface area contributed by atoms with Gasteiger partial charge in [-0.3, -0.25) is 0 Å². The molecule has 3 rings (SSSR count). The summed E-state index contributed by atoms with van der Waals surface area (Å²) in [6, 6.07) is 9.62. The van der Waals surface area contributed by atoms with Gasteiger partial charge in [-0.15, -0.1) is 0 Å². The van der Waals surface area contributed by atoms with Gasteiger partial charge in [-0.1, -0.05) is 6.07 Å². The molecule has 144 valence electrons. The van der Waals surface area contributed by atoms with Gasteiger partial charge < -0.3 is 9.84 Å². The van der Waals surface area contributed by atoms with Crippen LogP contribution in [0, 0.1) is 29.9 Å². The quantitative estimate of drug-likeness (QED) is 0.676. The van der Waals surface area contributed by atoms with Gasteiger partial charge in [0.25, 0.3) is 0 Å². The fourth-order valence-corrected chi connectivity index (χ4v) is 2.84. The third kappa shape index (κ3) is 4.00. The summed E-state index contributed by atoms with van der Waals surface area (Å²) in [7, 11) is 0. The Hall–Kier alpha value is -3.31. The van der Waals surface area contributed by atoms with Gasteiger partial charge in [-0.25, -0.2) is 18.4 Å². The maximum Gasteiger partial charge on any atom is 0.191 e. The van der Waals surface area contributed by atoms with Crippen molar-refractivity contribution in [1.82, 2.24) is 14.8 Å². The van der Waals surface area contributed by atoms with Crippen molar-refractivity contribution in [2.45, 2.75) is 26.4 Å². The van der Waals surface area contributed by atoms with E-state index in [2.05, 4.69) is 10.1 Å². The molecule has 0 radical (unpaired) electrons. The number of nitrogens with zero attached hydrogens (tertiary/aromatic N) is 4. The third-order valence-corrected chi connectivity index (χ3v) is 4.17. The average Bonchev–Trinajstić information content (AvgIpc) is 3.01. The molecular formula is C20H18F2N4O2. The largest absolute Gasteiger partial charge is 0.481 e. The molecule has 28 heavy (non-hydrogen) atoms. The summed E-state index contributed by atoms with van der Waals surface area (Å²) in [5.74, 6) is -1.74.